The second-order valence-corrected chi connectivity index (χ2v) is 4.46. The first kappa shape index (κ1) is 11.1. The molecular formula is C11H11BrN2O2. The third-order valence-corrected chi connectivity index (χ3v) is 3.53. The van der Waals surface area contributed by atoms with Gasteiger partial charge in [0.2, 0.25) is 11.8 Å². The zero-order valence-electron chi connectivity index (χ0n) is 8.79. The van der Waals surface area contributed by atoms with Crippen molar-refractivity contribution in [2.75, 3.05) is 18.0 Å². The van der Waals surface area contributed by atoms with E-state index in [0.717, 1.165) is 15.7 Å². The first-order chi connectivity index (χ1) is 7.59. The molecule has 0 radical (unpaired) electrons. The van der Waals surface area contributed by atoms with Gasteiger partial charge in [-0.2, -0.15) is 0 Å². The highest BCUT2D eigenvalue weighted by atomic mass is 79.9. The van der Waals surface area contributed by atoms with Gasteiger partial charge in [-0.25, -0.2) is 0 Å². The van der Waals surface area contributed by atoms with Crippen LogP contribution in [0.1, 0.15) is 5.56 Å². The molecule has 5 heteroatoms. The van der Waals surface area contributed by atoms with Gasteiger partial charge in [0.15, 0.2) is 0 Å². The van der Waals surface area contributed by atoms with E-state index in [1.165, 1.54) is 4.90 Å². The van der Waals surface area contributed by atoms with Crippen LogP contribution in [0.2, 0.25) is 0 Å². The number of benzene rings is 1. The Bertz CT molecular complexity index is 459. The number of carbonyl (C=O) groups is 2. The van der Waals surface area contributed by atoms with Gasteiger partial charge in [-0.1, -0.05) is 12.1 Å². The van der Waals surface area contributed by atoms with Crippen molar-refractivity contribution in [2.24, 2.45) is 0 Å². The van der Waals surface area contributed by atoms with Crippen LogP contribution in [0.3, 0.4) is 0 Å². The molecule has 2 amide bonds. The highest BCUT2D eigenvalue weighted by Gasteiger charge is 2.25. The van der Waals surface area contributed by atoms with Gasteiger partial charge in [-0.3, -0.25) is 9.59 Å². The Morgan fingerprint density at radius 3 is 2.88 bits per heavy atom. The van der Waals surface area contributed by atoms with E-state index in [4.69, 9.17) is 0 Å². The van der Waals surface area contributed by atoms with Gasteiger partial charge >= 0.3 is 0 Å². The molecule has 1 aromatic carbocycles. The Balaban J connectivity index is 2.39. The van der Waals surface area contributed by atoms with Crippen LogP contribution in [-0.2, 0) is 9.59 Å². The number of halogens is 1. The molecule has 1 N–H and O–H groups in total. The molecule has 0 spiro atoms. The van der Waals surface area contributed by atoms with Gasteiger partial charge in [0, 0.05) is 4.47 Å². The van der Waals surface area contributed by atoms with Crippen molar-refractivity contribution in [3.63, 3.8) is 0 Å². The summed E-state index contributed by atoms with van der Waals surface area (Å²) in [6.07, 6.45) is 0. The molecule has 1 saturated heterocycles. The number of nitrogens with zero attached hydrogens (tertiary/aromatic N) is 1. The van der Waals surface area contributed by atoms with Crippen LogP contribution in [0.15, 0.2) is 22.7 Å². The summed E-state index contributed by atoms with van der Waals surface area (Å²) in [5.74, 6) is -0.223. The molecule has 84 valence electrons. The SMILES string of the molecule is Cc1cccc(N2CC(=O)NCC2=O)c1Br. The summed E-state index contributed by atoms with van der Waals surface area (Å²) >= 11 is 3.44. The first-order valence-electron chi connectivity index (χ1n) is 4.92. The predicted octanol–water partition coefficient (Wildman–Crippen LogP) is 1.22. The maximum Gasteiger partial charge on any atom is 0.246 e. The quantitative estimate of drug-likeness (QED) is 0.842. The van der Waals surface area contributed by atoms with Crippen molar-refractivity contribution >= 4 is 33.4 Å². The lowest BCUT2D eigenvalue weighted by atomic mass is 10.2. The summed E-state index contributed by atoms with van der Waals surface area (Å²) in [7, 11) is 0. The van der Waals surface area contributed by atoms with E-state index in [0.29, 0.717) is 0 Å². The van der Waals surface area contributed by atoms with Crippen molar-refractivity contribution in [2.45, 2.75) is 6.92 Å². The van der Waals surface area contributed by atoms with Gasteiger partial charge in [0.25, 0.3) is 0 Å². The summed E-state index contributed by atoms with van der Waals surface area (Å²) in [6.45, 7) is 2.10. The van der Waals surface area contributed by atoms with Crippen LogP contribution in [0.25, 0.3) is 0 Å². The first-order valence-corrected chi connectivity index (χ1v) is 5.71. The molecule has 1 aliphatic rings. The number of aryl methyl sites for hydroxylation is 1. The maximum atomic E-state index is 11.7. The van der Waals surface area contributed by atoms with E-state index in [2.05, 4.69) is 21.2 Å². The van der Waals surface area contributed by atoms with Crippen molar-refractivity contribution in [3.8, 4) is 0 Å². The molecule has 1 aromatic rings. The van der Waals surface area contributed by atoms with Crippen molar-refractivity contribution in [1.29, 1.82) is 0 Å². The Labute approximate surface area is 102 Å². The number of nitrogens with one attached hydrogen (secondary N) is 1. The second kappa shape index (κ2) is 4.25. The third kappa shape index (κ3) is 1.95. The lowest BCUT2D eigenvalue weighted by Crippen LogP contribution is -2.51. The average Bonchev–Trinajstić information content (AvgIpc) is 2.26. The van der Waals surface area contributed by atoms with E-state index in [-0.39, 0.29) is 24.9 Å². The summed E-state index contributed by atoms with van der Waals surface area (Å²) in [5.41, 5.74) is 1.79. The van der Waals surface area contributed by atoms with E-state index < -0.39 is 0 Å². The predicted molar refractivity (Wildman–Crippen MR) is 64.2 cm³/mol. The van der Waals surface area contributed by atoms with Crippen LogP contribution < -0.4 is 10.2 Å². The summed E-state index contributed by atoms with van der Waals surface area (Å²) in [6, 6.07) is 5.64. The summed E-state index contributed by atoms with van der Waals surface area (Å²) < 4.78 is 0.859. The van der Waals surface area contributed by atoms with Crippen molar-refractivity contribution < 1.29 is 9.59 Å². The molecular weight excluding hydrogens is 272 g/mol. The fourth-order valence-electron chi connectivity index (χ4n) is 1.62. The Morgan fingerprint density at radius 2 is 2.12 bits per heavy atom. The minimum Gasteiger partial charge on any atom is -0.345 e. The van der Waals surface area contributed by atoms with E-state index >= 15 is 0 Å². The number of rotatable bonds is 1. The zero-order chi connectivity index (χ0) is 11.7. The topological polar surface area (TPSA) is 49.4 Å². The molecule has 1 fully saturated rings. The maximum absolute atomic E-state index is 11.7. The largest absolute Gasteiger partial charge is 0.345 e. The van der Waals surface area contributed by atoms with Crippen LogP contribution in [-0.4, -0.2) is 24.9 Å². The van der Waals surface area contributed by atoms with Crippen molar-refractivity contribution in [3.05, 3.63) is 28.2 Å². The number of anilines is 1. The molecule has 0 saturated carbocycles. The molecule has 0 aliphatic carbocycles. The number of hydrogen-bond acceptors (Lipinski definition) is 2. The zero-order valence-corrected chi connectivity index (χ0v) is 10.4. The van der Waals surface area contributed by atoms with Gasteiger partial charge in [-0.05, 0) is 34.5 Å². The molecule has 16 heavy (non-hydrogen) atoms. The molecule has 2 rings (SSSR count). The molecule has 0 aromatic heterocycles. The molecule has 1 aliphatic heterocycles. The molecule has 1 heterocycles. The normalized spacial score (nSPS) is 16.2. The molecule has 4 nitrogen and oxygen atoms in total. The third-order valence-electron chi connectivity index (χ3n) is 2.50. The second-order valence-electron chi connectivity index (χ2n) is 3.66. The number of amides is 2. The Kier molecular flexibility index (Phi) is 2.96. The van der Waals surface area contributed by atoms with Crippen molar-refractivity contribution in [1.82, 2.24) is 5.32 Å². The minimum absolute atomic E-state index is 0.0687. The number of carbonyl (C=O) groups excluding carboxylic acids is 2. The average molecular weight is 283 g/mol. The van der Waals surface area contributed by atoms with Gasteiger partial charge in [-0.15, -0.1) is 0 Å². The van der Waals surface area contributed by atoms with Crippen LogP contribution in [0, 0.1) is 6.92 Å². The van der Waals surface area contributed by atoms with Gasteiger partial charge in [0.05, 0.1) is 12.2 Å². The summed E-state index contributed by atoms with van der Waals surface area (Å²) in [5, 5.41) is 2.52. The molecule has 0 atom stereocenters. The number of piperazine rings is 1. The van der Waals surface area contributed by atoms with Gasteiger partial charge in [0.1, 0.15) is 6.54 Å². The smallest absolute Gasteiger partial charge is 0.246 e. The molecule has 0 unspecified atom stereocenters. The van der Waals surface area contributed by atoms with Gasteiger partial charge < -0.3 is 10.2 Å². The van der Waals surface area contributed by atoms with E-state index in [1.807, 2.05) is 25.1 Å². The summed E-state index contributed by atoms with van der Waals surface area (Å²) in [4.78, 5) is 24.5. The Morgan fingerprint density at radius 1 is 1.38 bits per heavy atom. The monoisotopic (exact) mass is 282 g/mol. The standard InChI is InChI=1S/C11H11BrN2O2/c1-7-3-2-4-8(11(7)12)14-6-9(15)13-5-10(14)16/h2-4H,5-6H2,1H3,(H,13,15). The van der Waals surface area contributed by atoms with Crippen LogP contribution >= 0.6 is 15.9 Å². The highest BCUT2D eigenvalue weighted by molar-refractivity contribution is 9.10. The Hall–Kier alpha value is -1.36. The van der Waals surface area contributed by atoms with Crippen LogP contribution in [0.5, 0.6) is 0 Å². The lowest BCUT2D eigenvalue weighted by Gasteiger charge is -2.27. The number of hydrogen-bond donors (Lipinski definition) is 1. The molecule has 0 bridgehead atoms. The fourth-order valence-corrected chi connectivity index (χ4v) is 2.10. The highest BCUT2D eigenvalue weighted by Crippen LogP contribution is 2.29. The minimum atomic E-state index is -0.131. The van der Waals surface area contributed by atoms with Crippen LogP contribution in [0.4, 0.5) is 5.69 Å². The van der Waals surface area contributed by atoms with E-state index in [1.54, 1.807) is 0 Å². The lowest BCUT2D eigenvalue weighted by molar-refractivity contribution is -0.128. The van der Waals surface area contributed by atoms with E-state index in [9.17, 15) is 9.59 Å². The fraction of sp³-hybridized carbons (Fsp3) is 0.273.